The van der Waals surface area contributed by atoms with Crippen molar-refractivity contribution < 1.29 is 4.74 Å². The van der Waals surface area contributed by atoms with Crippen molar-refractivity contribution in [3.63, 3.8) is 0 Å². The summed E-state index contributed by atoms with van der Waals surface area (Å²) in [4.78, 5) is 6.66. The number of hydrogen-bond acceptors (Lipinski definition) is 5. The molecule has 5 heteroatoms. The Morgan fingerprint density at radius 3 is 2.79 bits per heavy atom. The fraction of sp³-hybridized carbons (Fsp3) is 0.643. The largest absolute Gasteiger partial charge is 0.476 e. The predicted molar refractivity (Wildman–Crippen MR) is 80.7 cm³/mol. The molecule has 1 rings (SSSR count). The molecule has 0 spiro atoms. The summed E-state index contributed by atoms with van der Waals surface area (Å²) in [5.74, 6) is 1.32. The van der Waals surface area contributed by atoms with Gasteiger partial charge in [-0.3, -0.25) is 0 Å². The van der Waals surface area contributed by atoms with Crippen LogP contribution in [0.4, 0.5) is 11.5 Å². The van der Waals surface area contributed by atoms with Crippen LogP contribution in [0.15, 0.2) is 12.1 Å². The van der Waals surface area contributed by atoms with Crippen molar-refractivity contribution in [1.29, 1.82) is 0 Å². The van der Waals surface area contributed by atoms with Gasteiger partial charge in [-0.05, 0) is 52.9 Å². The third kappa shape index (κ3) is 5.34. The molecule has 1 heterocycles. The topological polar surface area (TPSA) is 63.4 Å². The molecule has 19 heavy (non-hydrogen) atoms. The van der Waals surface area contributed by atoms with E-state index in [1.54, 1.807) is 0 Å². The molecule has 0 saturated carbocycles. The highest BCUT2D eigenvalue weighted by Gasteiger charge is 2.04. The molecule has 1 aromatic heterocycles. The third-order valence-corrected chi connectivity index (χ3v) is 3.05. The van der Waals surface area contributed by atoms with Gasteiger partial charge in [0.15, 0.2) is 0 Å². The second-order valence-electron chi connectivity index (χ2n) is 4.88. The Bertz CT molecular complexity index is 382. The van der Waals surface area contributed by atoms with Crippen LogP contribution in [0.5, 0.6) is 5.88 Å². The van der Waals surface area contributed by atoms with Gasteiger partial charge in [0, 0.05) is 12.6 Å². The Kier molecular flexibility index (Phi) is 6.42. The molecule has 0 aliphatic rings. The summed E-state index contributed by atoms with van der Waals surface area (Å²) in [7, 11) is 2.14. The Balaban J connectivity index is 2.39. The first kappa shape index (κ1) is 15.6. The fourth-order valence-corrected chi connectivity index (χ4v) is 1.61. The van der Waals surface area contributed by atoms with Crippen LogP contribution in [0.25, 0.3) is 0 Å². The van der Waals surface area contributed by atoms with Crippen molar-refractivity contribution >= 4 is 11.5 Å². The number of nitrogens with two attached hydrogens (primary N) is 1. The number of nitrogens with zero attached hydrogens (tertiary/aromatic N) is 2. The standard InChI is InChI=1S/C14H26N4O/c1-5-19-14-12(15)7-8-13(17-14)16-9-6-10-18(4)11(2)3/h7-8,11H,5-6,9-10,15H2,1-4H3,(H,16,17). The number of pyridine rings is 1. The molecule has 0 aliphatic carbocycles. The maximum Gasteiger partial charge on any atom is 0.239 e. The van der Waals surface area contributed by atoms with E-state index in [1.165, 1.54) is 0 Å². The molecule has 5 nitrogen and oxygen atoms in total. The number of aromatic nitrogens is 1. The third-order valence-electron chi connectivity index (χ3n) is 3.05. The molecule has 0 saturated heterocycles. The van der Waals surface area contributed by atoms with E-state index in [0.29, 0.717) is 24.2 Å². The van der Waals surface area contributed by atoms with Crippen molar-refractivity contribution in [3.8, 4) is 5.88 Å². The number of nitrogens with one attached hydrogen (secondary N) is 1. The highest BCUT2D eigenvalue weighted by Crippen LogP contribution is 2.20. The van der Waals surface area contributed by atoms with Gasteiger partial charge < -0.3 is 20.7 Å². The SMILES string of the molecule is CCOc1nc(NCCCN(C)C(C)C)ccc1N. The van der Waals surface area contributed by atoms with Crippen LogP contribution in [0.3, 0.4) is 0 Å². The Morgan fingerprint density at radius 2 is 2.16 bits per heavy atom. The summed E-state index contributed by atoms with van der Waals surface area (Å²) < 4.78 is 5.37. The number of hydrogen-bond donors (Lipinski definition) is 2. The lowest BCUT2D eigenvalue weighted by Gasteiger charge is -2.20. The van der Waals surface area contributed by atoms with Crippen LogP contribution >= 0.6 is 0 Å². The van der Waals surface area contributed by atoms with Crippen LogP contribution in [-0.4, -0.2) is 42.7 Å². The molecule has 0 radical (unpaired) electrons. The second-order valence-corrected chi connectivity index (χ2v) is 4.88. The van der Waals surface area contributed by atoms with Gasteiger partial charge in [0.25, 0.3) is 0 Å². The summed E-state index contributed by atoms with van der Waals surface area (Å²) in [6.07, 6.45) is 1.07. The molecule has 0 atom stereocenters. The molecule has 0 aromatic carbocycles. The lowest BCUT2D eigenvalue weighted by molar-refractivity contribution is 0.273. The first-order valence-electron chi connectivity index (χ1n) is 6.88. The van der Waals surface area contributed by atoms with Gasteiger partial charge >= 0.3 is 0 Å². The van der Waals surface area contributed by atoms with E-state index in [4.69, 9.17) is 10.5 Å². The summed E-state index contributed by atoms with van der Waals surface area (Å²) in [5, 5.41) is 3.29. The van der Waals surface area contributed by atoms with Crippen LogP contribution < -0.4 is 15.8 Å². The lowest BCUT2D eigenvalue weighted by Crippen LogP contribution is -2.28. The van der Waals surface area contributed by atoms with Gasteiger partial charge in [0.05, 0.1) is 12.3 Å². The summed E-state index contributed by atoms with van der Waals surface area (Å²) in [6, 6.07) is 4.28. The smallest absolute Gasteiger partial charge is 0.239 e. The highest BCUT2D eigenvalue weighted by atomic mass is 16.5. The number of anilines is 2. The normalized spacial score (nSPS) is 11.1. The second kappa shape index (κ2) is 7.84. The Labute approximate surface area is 116 Å². The Morgan fingerprint density at radius 1 is 1.42 bits per heavy atom. The van der Waals surface area contributed by atoms with Gasteiger partial charge in [0.1, 0.15) is 5.82 Å². The maximum atomic E-state index is 5.78. The van der Waals surface area contributed by atoms with Gasteiger partial charge in [0.2, 0.25) is 5.88 Å². The minimum absolute atomic E-state index is 0.506. The van der Waals surface area contributed by atoms with E-state index in [9.17, 15) is 0 Å². The summed E-state index contributed by atoms with van der Waals surface area (Å²) in [5.41, 5.74) is 6.36. The van der Waals surface area contributed by atoms with Gasteiger partial charge in [-0.25, -0.2) is 0 Å². The zero-order valence-corrected chi connectivity index (χ0v) is 12.4. The Hall–Kier alpha value is -1.49. The van der Waals surface area contributed by atoms with Crippen LogP contribution in [0.2, 0.25) is 0 Å². The minimum atomic E-state index is 0.506. The molecule has 1 aromatic rings. The van der Waals surface area contributed by atoms with Crippen molar-refractivity contribution in [3.05, 3.63) is 12.1 Å². The fourth-order valence-electron chi connectivity index (χ4n) is 1.61. The minimum Gasteiger partial charge on any atom is -0.476 e. The van der Waals surface area contributed by atoms with Crippen LogP contribution in [0.1, 0.15) is 27.2 Å². The average Bonchev–Trinajstić information content (AvgIpc) is 2.38. The zero-order chi connectivity index (χ0) is 14.3. The maximum absolute atomic E-state index is 5.78. The molecule has 0 unspecified atom stereocenters. The van der Waals surface area contributed by atoms with Gasteiger partial charge in [-0.15, -0.1) is 0 Å². The molecule has 0 bridgehead atoms. The first-order valence-corrected chi connectivity index (χ1v) is 6.88. The molecule has 0 amide bonds. The number of nitrogen functional groups attached to an aromatic ring is 1. The monoisotopic (exact) mass is 266 g/mol. The van der Waals surface area contributed by atoms with E-state index in [2.05, 4.69) is 36.1 Å². The average molecular weight is 266 g/mol. The summed E-state index contributed by atoms with van der Waals surface area (Å²) >= 11 is 0. The van der Waals surface area contributed by atoms with Crippen molar-refractivity contribution in [2.45, 2.75) is 33.2 Å². The highest BCUT2D eigenvalue weighted by molar-refractivity contribution is 5.53. The number of ether oxygens (including phenoxy) is 1. The summed E-state index contributed by atoms with van der Waals surface area (Å²) in [6.45, 7) is 8.84. The molecule has 0 fully saturated rings. The molecule has 3 N–H and O–H groups in total. The van der Waals surface area contributed by atoms with Crippen LogP contribution in [0, 0.1) is 0 Å². The molecular weight excluding hydrogens is 240 g/mol. The lowest BCUT2D eigenvalue weighted by atomic mass is 10.3. The van der Waals surface area contributed by atoms with Crippen LogP contribution in [-0.2, 0) is 0 Å². The van der Waals surface area contributed by atoms with E-state index >= 15 is 0 Å². The molecule has 0 aliphatic heterocycles. The van der Waals surface area contributed by atoms with E-state index in [-0.39, 0.29) is 0 Å². The van der Waals surface area contributed by atoms with Crippen molar-refractivity contribution in [2.24, 2.45) is 0 Å². The number of rotatable bonds is 8. The molecule has 108 valence electrons. The first-order chi connectivity index (χ1) is 9.04. The van der Waals surface area contributed by atoms with Gasteiger partial charge in [-0.1, -0.05) is 0 Å². The predicted octanol–water partition coefficient (Wildman–Crippen LogP) is 2.20. The van der Waals surface area contributed by atoms with Crippen molar-refractivity contribution in [2.75, 3.05) is 37.8 Å². The van der Waals surface area contributed by atoms with Crippen molar-refractivity contribution in [1.82, 2.24) is 9.88 Å². The zero-order valence-electron chi connectivity index (χ0n) is 12.4. The quantitative estimate of drug-likeness (QED) is 0.706. The van der Waals surface area contributed by atoms with E-state index < -0.39 is 0 Å². The van der Waals surface area contributed by atoms with E-state index in [1.807, 2.05) is 19.1 Å². The van der Waals surface area contributed by atoms with Gasteiger partial charge in [-0.2, -0.15) is 4.98 Å². The van der Waals surface area contributed by atoms with E-state index in [0.717, 1.165) is 25.3 Å². The molecular formula is C14H26N4O.